The molecule has 0 spiro atoms. The van der Waals surface area contributed by atoms with Crippen LogP contribution in [0.15, 0.2) is 0 Å². The summed E-state index contributed by atoms with van der Waals surface area (Å²) in [6, 6.07) is -1.29. The molecular weight excluding hydrogens is 472 g/mol. The van der Waals surface area contributed by atoms with Crippen molar-refractivity contribution in [1.82, 2.24) is 10.6 Å². The molecule has 0 aromatic carbocycles. The van der Waals surface area contributed by atoms with Gasteiger partial charge in [-0.05, 0) is 50.7 Å². The number of ether oxygens (including phenoxy) is 3. The lowest BCUT2D eigenvalue weighted by Crippen LogP contribution is -2.65. The van der Waals surface area contributed by atoms with Crippen LogP contribution in [0, 0.1) is 11.8 Å². The Labute approximate surface area is 205 Å². The van der Waals surface area contributed by atoms with Crippen molar-refractivity contribution in [1.29, 1.82) is 0 Å². The van der Waals surface area contributed by atoms with Crippen LogP contribution < -0.4 is 10.6 Å². The number of methoxy groups -OCH3 is 1. The van der Waals surface area contributed by atoms with E-state index in [9.17, 15) is 20.1 Å². The van der Waals surface area contributed by atoms with Gasteiger partial charge in [0.1, 0.15) is 35.9 Å². The summed E-state index contributed by atoms with van der Waals surface area (Å²) in [5.74, 6) is 0.531. The van der Waals surface area contributed by atoms with Crippen LogP contribution in [0.2, 0.25) is 0 Å². The average molecular weight is 511 g/mol. The molecule has 9 nitrogen and oxygen atoms in total. The summed E-state index contributed by atoms with van der Waals surface area (Å²) in [5, 5.41) is 36.6. The number of halogens is 1. The lowest BCUT2D eigenvalue weighted by atomic mass is 9.87. The highest BCUT2D eigenvalue weighted by molar-refractivity contribution is 7.99. The quantitative estimate of drug-likeness (QED) is 0.216. The number of amides is 1. The number of carbonyl (C=O) groups is 1. The lowest BCUT2D eigenvalue weighted by molar-refractivity contribution is -0.205. The highest BCUT2D eigenvalue weighted by Gasteiger charge is 2.49. The van der Waals surface area contributed by atoms with Gasteiger partial charge in [0.15, 0.2) is 0 Å². The van der Waals surface area contributed by atoms with E-state index >= 15 is 0 Å². The Bertz CT molecular complexity index is 632. The maximum atomic E-state index is 13.3. The zero-order chi connectivity index (χ0) is 24.1. The van der Waals surface area contributed by atoms with Gasteiger partial charge in [-0.1, -0.05) is 0 Å². The average Bonchev–Trinajstić information content (AvgIpc) is 3.07. The molecule has 0 aliphatic carbocycles. The van der Waals surface area contributed by atoms with Gasteiger partial charge in [0.05, 0.1) is 17.5 Å². The molecule has 192 valence electrons. The third kappa shape index (κ3) is 6.54. The first-order valence-corrected chi connectivity index (χ1v) is 13.5. The van der Waals surface area contributed by atoms with Gasteiger partial charge >= 0.3 is 0 Å². The number of nitrogens with one attached hydrogen (secondary N) is 2. The summed E-state index contributed by atoms with van der Waals surface area (Å²) in [6.07, 6.45) is 0.615. The number of hydrogen-bond donors (Lipinski definition) is 5. The lowest BCUT2D eigenvalue weighted by Gasteiger charge is -2.44. The molecule has 0 aromatic heterocycles. The van der Waals surface area contributed by atoms with Crippen molar-refractivity contribution in [3.8, 4) is 0 Å². The van der Waals surface area contributed by atoms with Crippen LogP contribution in [0.5, 0.6) is 0 Å². The summed E-state index contributed by atoms with van der Waals surface area (Å²) >= 11 is 7.61. The van der Waals surface area contributed by atoms with Crippen LogP contribution >= 0.6 is 23.4 Å². The van der Waals surface area contributed by atoms with E-state index in [1.165, 1.54) is 11.8 Å². The number of fused-ring (bicyclic) bond motifs is 1. The van der Waals surface area contributed by atoms with Crippen LogP contribution in [0.3, 0.4) is 0 Å². The molecule has 3 aliphatic rings. The van der Waals surface area contributed by atoms with Gasteiger partial charge in [0, 0.05) is 26.9 Å². The molecule has 1 amide bonds. The smallest absolute Gasteiger partial charge is 0.240 e. The molecule has 3 aliphatic heterocycles. The predicted octanol–water partition coefficient (Wildman–Crippen LogP) is 0.0789. The Morgan fingerprint density at radius 3 is 2.73 bits per heavy atom. The first kappa shape index (κ1) is 27.4. The van der Waals surface area contributed by atoms with Crippen molar-refractivity contribution in [2.75, 3.05) is 33.1 Å². The molecule has 3 rings (SSSR count). The van der Waals surface area contributed by atoms with E-state index in [0.717, 1.165) is 32.3 Å². The maximum absolute atomic E-state index is 13.3. The van der Waals surface area contributed by atoms with Crippen molar-refractivity contribution >= 4 is 29.3 Å². The second-order valence-electron chi connectivity index (χ2n) is 9.40. The number of carbonyl (C=O) groups excluding carboxylic acids is 1. The Kier molecular flexibility index (Phi) is 10.5. The molecule has 3 unspecified atom stereocenters. The minimum atomic E-state index is -1.40. The fraction of sp³-hybridized carbons (Fsp3) is 0.955. The molecule has 3 fully saturated rings. The first-order chi connectivity index (χ1) is 15.8. The Balaban J connectivity index is 1.64. The van der Waals surface area contributed by atoms with Gasteiger partial charge in [0.25, 0.3) is 0 Å². The minimum Gasteiger partial charge on any atom is -0.388 e. The summed E-state index contributed by atoms with van der Waals surface area (Å²) in [5.41, 5.74) is -0.738. The minimum absolute atomic E-state index is 0.229. The zero-order valence-corrected chi connectivity index (χ0v) is 21.1. The van der Waals surface area contributed by atoms with E-state index in [0.29, 0.717) is 19.1 Å². The molecule has 0 saturated carbocycles. The molecule has 3 saturated heterocycles. The predicted molar refractivity (Wildman–Crippen MR) is 126 cm³/mol. The molecule has 0 radical (unpaired) electrons. The highest BCUT2D eigenvalue weighted by Crippen LogP contribution is 2.34. The topological polar surface area (TPSA) is 130 Å². The SMILES string of the molecule is COCCC[C@@H]1CCO[C@@H]2[C@H](CN[C@@H]2C(=O)N[C@H]([C@H](C)Cl)[C@H]2OC(SC)[C@H](O)C(O)C2O)C1. The molecule has 11 heteroatoms. The number of thioether (sulfide) groups is 1. The van der Waals surface area contributed by atoms with Crippen LogP contribution in [0.4, 0.5) is 0 Å². The highest BCUT2D eigenvalue weighted by atomic mass is 35.5. The molecule has 0 bridgehead atoms. The number of rotatable bonds is 9. The van der Waals surface area contributed by atoms with Crippen LogP contribution in [-0.4, -0.2) is 108 Å². The largest absolute Gasteiger partial charge is 0.388 e. The van der Waals surface area contributed by atoms with Crippen molar-refractivity contribution in [3.63, 3.8) is 0 Å². The van der Waals surface area contributed by atoms with Gasteiger partial charge in [-0.25, -0.2) is 0 Å². The molecule has 0 aromatic rings. The van der Waals surface area contributed by atoms with Gasteiger partial charge in [-0.15, -0.1) is 23.4 Å². The van der Waals surface area contributed by atoms with Crippen molar-refractivity contribution in [2.24, 2.45) is 11.8 Å². The Hall–Kier alpha value is -0.170. The summed E-state index contributed by atoms with van der Waals surface area (Å²) in [7, 11) is 1.72. The zero-order valence-electron chi connectivity index (χ0n) is 19.6. The standard InChI is InChI=1S/C22H39ClN2O7S/c1-11(23)14(20-17(27)16(26)18(28)22(32-20)33-3)25-21(29)15-19-13(10-24-15)9-12(6-8-31-19)5-4-7-30-2/h11-20,22,24,26-28H,4-10H2,1-3H3,(H,25,29)/t11-,12+,13-,14+,15-,16?,17?,18+,19+,20+,22?/m0/s1. The van der Waals surface area contributed by atoms with Gasteiger partial charge in [-0.2, -0.15) is 0 Å². The summed E-state index contributed by atoms with van der Waals surface area (Å²) in [4.78, 5) is 13.3. The second-order valence-corrected chi connectivity index (χ2v) is 11.0. The second kappa shape index (κ2) is 12.7. The van der Waals surface area contributed by atoms with E-state index < -0.39 is 47.3 Å². The third-order valence-corrected chi connectivity index (χ3v) is 8.23. The maximum Gasteiger partial charge on any atom is 0.240 e. The summed E-state index contributed by atoms with van der Waals surface area (Å²) < 4.78 is 17.1. The molecular formula is C22H39ClN2O7S. The van der Waals surface area contributed by atoms with Crippen LogP contribution in [-0.2, 0) is 19.0 Å². The molecule has 33 heavy (non-hydrogen) atoms. The van der Waals surface area contributed by atoms with Crippen LogP contribution in [0.25, 0.3) is 0 Å². The number of aliphatic hydroxyl groups is 3. The van der Waals surface area contributed by atoms with E-state index in [1.54, 1.807) is 20.3 Å². The van der Waals surface area contributed by atoms with E-state index in [2.05, 4.69) is 10.6 Å². The van der Waals surface area contributed by atoms with Crippen molar-refractivity contribution in [3.05, 3.63) is 0 Å². The third-order valence-electron chi connectivity index (χ3n) is 7.11. The number of aliphatic hydroxyl groups excluding tert-OH is 3. The van der Waals surface area contributed by atoms with Gasteiger partial charge in [-0.3, -0.25) is 4.79 Å². The first-order valence-electron chi connectivity index (χ1n) is 11.8. The Morgan fingerprint density at radius 2 is 2.06 bits per heavy atom. The molecule has 11 atom stereocenters. The summed E-state index contributed by atoms with van der Waals surface area (Å²) in [6.45, 7) is 3.77. The fourth-order valence-electron chi connectivity index (χ4n) is 5.25. The van der Waals surface area contributed by atoms with Crippen molar-refractivity contribution in [2.45, 2.75) is 86.0 Å². The normalized spacial score (nSPS) is 41.1. The van der Waals surface area contributed by atoms with Crippen molar-refractivity contribution < 1.29 is 34.3 Å². The Morgan fingerprint density at radius 1 is 1.30 bits per heavy atom. The molecule has 5 N–H and O–H groups in total. The van der Waals surface area contributed by atoms with Gasteiger partial charge < -0.3 is 40.2 Å². The number of alkyl halides is 1. The van der Waals surface area contributed by atoms with Crippen LogP contribution in [0.1, 0.15) is 32.6 Å². The molecule has 3 heterocycles. The fourth-order valence-corrected chi connectivity index (χ4v) is 6.13. The van der Waals surface area contributed by atoms with E-state index in [4.69, 9.17) is 25.8 Å². The van der Waals surface area contributed by atoms with Gasteiger partial charge in [0.2, 0.25) is 5.91 Å². The van der Waals surface area contributed by atoms with E-state index in [-0.39, 0.29) is 17.9 Å². The van der Waals surface area contributed by atoms with E-state index in [1.807, 2.05) is 0 Å². The number of hydrogen-bond acceptors (Lipinski definition) is 9. The monoisotopic (exact) mass is 510 g/mol.